The van der Waals surface area contributed by atoms with E-state index in [-0.39, 0.29) is 0 Å². The van der Waals surface area contributed by atoms with Gasteiger partial charge in [0.25, 0.3) is 0 Å². The molecule has 0 aliphatic heterocycles. The first-order chi connectivity index (χ1) is 15.2. The van der Waals surface area contributed by atoms with Crippen molar-refractivity contribution in [3.63, 3.8) is 0 Å². The highest BCUT2D eigenvalue weighted by Gasteiger charge is 2.12. The summed E-state index contributed by atoms with van der Waals surface area (Å²) in [5.74, 6) is 0.615. The van der Waals surface area contributed by atoms with Gasteiger partial charge in [0.1, 0.15) is 6.61 Å². The maximum absolute atomic E-state index is 6.05. The van der Waals surface area contributed by atoms with E-state index in [0.717, 1.165) is 33.5 Å². The number of hydrogen-bond donors (Lipinski definition) is 0. The van der Waals surface area contributed by atoms with Crippen LogP contribution in [-0.2, 0) is 13.7 Å². The monoisotopic (exact) mass is 406 g/mol. The van der Waals surface area contributed by atoms with Gasteiger partial charge in [-0.2, -0.15) is 0 Å². The van der Waals surface area contributed by atoms with Crippen molar-refractivity contribution in [1.29, 1.82) is 0 Å². The third-order valence-corrected chi connectivity index (χ3v) is 5.33. The number of fused-ring (bicyclic) bond motifs is 1. The Balaban J connectivity index is 1.35. The highest BCUT2D eigenvalue weighted by molar-refractivity contribution is 5.84. The predicted octanol–water partition coefficient (Wildman–Crippen LogP) is 5.58. The molecule has 5 nitrogen and oxygen atoms in total. The second-order valence-electron chi connectivity index (χ2n) is 7.58. The van der Waals surface area contributed by atoms with Crippen LogP contribution in [0, 0.1) is 6.92 Å². The number of para-hydroxylation sites is 1. The molecule has 5 heteroatoms. The molecule has 0 amide bonds. The van der Waals surface area contributed by atoms with Crippen molar-refractivity contribution in [2.24, 2.45) is 7.05 Å². The fourth-order valence-corrected chi connectivity index (χ4v) is 3.72. The molecular formula is C26H22N4O. The molecule has 5 aromatic rings. The van der Waals surface area contributed by atoms with Gasteiger partial charge in [-0.25, -0.2) is 4.98 Å². The van der Waals surface area contributed by atoms with Gasteiger partial charge in [0.05, 0.1) is 16.8 Å². The SMILES string of the molecule is Cc1cc(-c2ccc(COc3nn(C)cc3-c3ccncc3)cc2)nc2ccccc12. The Hall–Kier alpha value is -3.99. The molecule has 5 rings (SSSR count). The fraction of sp³-hybridized carbons (Fsp3) is 0.115. The van der Waals surface area contributed by atoms with E-state index in [0.29, 0.717) is 12.5 Å². The normalized spacial score (nSPS) is 11.0. The minimum absolute atomic E-state index is 0.444. The zero-order valence-corrected chi connectivity index (χ0v) is 17.5. The molecule has 2 aromatic carbocycles. The molecule has 0 spiro atoms. The molecule has 0 aliphatic rings. The highest BCUT2D eigenvalue weighted by Crippen LogP contribution is 2.29. The molecule has 0 bridgehead atoms. The van der Waals surface area contributed by atoms with E-state index in [1.807, 2.05) is 37.5 Å². The summed E-state index contributed by atoms with van der Waals surface area (Å²) in [5.41, 5.74) is 7.38. The van der Waals surface area contributed by atoms with Crippen molar-refractivity contribution in [2.45, 2.75) is 13.5 Å². The summed E-state index contributed by atoms with van der Waals surface area (Å²) in [4.78, 5) is 8.91. The molecule has 0 atom stereocenters. The van der Waals surface area contributed by atoms with E-state index in [1.54, 1.807) is 17.1 Å². The Labute approximate surface area is 181 Å². The molecule has 0 saturated heterocycles. The van der Waals surface area contributed by atoms with Gasteiger partial charge >= 0.3 is 0 Å². The quantitative estimate of drug-likeness (QED) is 0.382. The molecule has 0 saturated carbocycles. The first-order valence-electron chi connectivity index (χ1n) is 10.2. The second kappa shape index (κ2) is 8.03. The van der Waals surface area contributed by atoms with Crippen molar-refractivity contribution in [2.75, 3.05) is 0 Å². The van der Waals surface area contributed by atoms with Gasteiger partial charge in [-0.15, -0.1) is 5.10 Å². The largest absolute Gasteiger partial charge is 0.471 e. The van der Waals surface area contributed by atoms with E-state index in [2.05, 4.69) is 59.5 Å². The molecular weight excluding hydrogens is 384 g/mol. The van der Waals surface area contributed by atoms with Crippen LogP contribution in [0.25, 0.3) is 33.3 Å². The van der Waals surface area contributed by atoms with Gasteiger partial charge in [-0.05, 0) is 47.9 Å². The van der Waals surface area contributed by atoms with Crippen LogP contribution in [0.3, 0.4) is 0 Å². The summed E-state index contributed by atoms with van der Waals surface area (Å²) < 4.78 is 7.82. The van der Waals surface area contributed by atoms with Crippen molar-refractivity contribution in [1.82, 2.24) is 19.7 Å². The maximum atomic E-state index is 6.05. The van der Waals surface area contributed by atoms with E-state index < -0.39 is 0 Å². The Bertz CT molecular complexity index is 1340. The van der Waals surface area contributed by atoms with Gasteiger partial charge in [-0.3, -0.25) is 9.67 Å². The van der Waals surface area contributed by atoms with Crippen LogP contribution in [-0.4, -0.2) is 19.7 Å². The predicted molar refractivity (Wildman–Crippen MR) is 123 cm³/mol. The van der Waals surface area contributed by atoms with Gasteiger partial charge < -0.3 is 4.74 Å². The minimum Gasteiger partial charge on any atom is -0.471 e. The van der Waals surface area contributed by atoms with Gasteiger partial charge in [0, 0.05) is 36.6 Å². The summed E-state index contributed by atoms with van der Waals surface area (Å²) in [7, 11) is 1.89. The van der Waals surface area contributed by atoms with E-state index in [9.17, 15) is 0 Å². The van der Waals surface area contributed by atoms with Crippen LogP contribution in [0.2, 0.25) is 0 Å². The third kappa shape index (κ3) is 3.90. The van der Waals surface area contributed by atoms with Gasteiger partial charge in [0.2, 0.25) is 5.88 Å². The lowest BCUT2D eigenvalue weighted by molar-refractivity contribution is 0.292. The lowest BCUT2D eigenvalue weighted by atomic mass is 10.0. The number of pyridine rings is 2. The van der Waals surface area contributed by atoms with Crippen LogP contribution in [0.4, 0.5) is 0 Å². The number of hydrogen-bond acceptors (Lipinski definition) is 4. The fourth-order valence-electron chi connectivity index (χ4n) is 3.72. The van der Waals surface area contributed by atoms with E-state index in [1.165, 1.54) is 10.9 Å². The number of nitrogens with zero attached hydrogens (tertiary/aromatic N) is 4. The van der Waals surface area contributed by atoms with E-state index >= 15 is 0 Å². The highest BCUT2D eigenvalue weighted by atomic mass is 16.5. The third-order valence-electron chi connectivity index (χ3n) is 5.33. The Kier molecular flexibility index (Phi) is 4.92. The molecule has 152 valence electrons. The average Bonchev–Trinajstić information content (AvgIpc) is 3.19. The minimum atomic E-state index is 0.444. The van der Waals surface area contributed by atoms with Crippen molar-refractivity contribution in [3.8, 4) is 28.3 Å². The Morgan fingerprint density at radius 1 is 0.903 bits per heavy atom. The average molecular weight is 406 g/mol. The van der Waals surface area contributed by atoms with Crippen LogP contribution in [0.1, 0.15) is 11.1 Å². The van der Waals surface area contributed by atoms with Gasteiger partial charge in [-0.1, -0.05) is 42.5 Å². The molecule has 0 N–H and O–H groups in total. The number of ether oxygens (including phenoxy) is 1. The first kappa shape index (κ1) is 19.0. The summed E-state index contributed by atoms with van der Waals surface area (Å²) in [6.07, 6.45) is 5.50. The molecule has 3 heterocycles. The van der Waals surface area contributed by atoms with Crippen molar-refractivity contribution in [3.05, 3.63) is 96.4 Å². The lowest BCUT2D eigenvalue weighted by Crippen LogP contribution is -1.98. The number of aryl methyl sites for hydroxylation is 2. The first-order valence-corrected chi connectivity index (χ1v) is 10.2. The number of aromatic nitrogens is 4. The smallest absolute Gasteiger partial charge is 0.241 e. The lowest BCUT2D eigenvalue weighted by Gasteiger charge is -2.09. The zero-order chi connectivity index (χ0) is 21.2. The van der Waals surface area contributed by atoms with Gasteiger partial charge in [0.15, 0.2) is 0 Å². The molecule has 0 radical (unpaired) electrons. The van der Waals surface area contributed by atoms with Crippen LogP contribution >= 0.6 is 0 Å². The van der Waals surface area contributed by atoms with Crippen molar-refractivity contribution >= 4 is 10.9 Å². The van der Waals surface area contributed by atoms with E-state index in [4.69, 9.17) is 9.72 Å². The summed E-state index contributed by atoms with van der Waals surface area (Å²) in [5, 5.41) is 5.66. The zero-order valence-electron chi connectivity index (χ0n) is 17.5. The topological polar surface area (TPSA) is 52.8 Å². The number of rotatable bonds is 5. The molecule has 31 heavy (non-hydrogen) atoms. The maximum Gasteiger partial charge on any atom is 0.241 e. The molecule has 0 unspecified atom stereocenters. The van der Waals surface area contributed by atoms with Crippen LogP contribution in [0.5, 0.6) is 5.88 Å². The molecule has 0 aliphatic carbocycles. The summed E-state index contributed by atoms with van der Waals surface area (Å²) >= 11 is 0. The molecule has 0 fully saturated rings. The molecule has 3 aromatic heterocycles. The summed E-state index contributed by atoms with van der Waals surface area (Å²) in [6.45, 7) is 2.57. The Morgan fingerprint density at radius 2 is 1.68 bits per heavy atom. The van der Waals surface area contributed by atoms with Crippen molar-refractivity contribution < 1.29 is 4.74 Å². The van der Waals surface area contributed by atoms with Crippen LogP contribution in [0.15, 0.2) is 85.3 Å². The standard InChI is InChI=1S/C26H22N4O/c1-18-15-25(28-24-6-4-3-5-22(18)24)21-9-7-19(8-10-21)17-31-26-23(16-30(2)29-26)20-11-13-27-14-12-20/h3-16H,17H2,1-2H3. The number of benzene rings is 2. The second-order valence-corrected chi connectivity index (χ2v) is 7.58. The summed E-state index contributed by atoms with van der Waals surface area (Å²) in [6, 6.07) is 22.6. The van der Waals surface area contributed by atoms with Crippen LogP contribution < -0.4 is 4.74 Å². The Morgan fingerprint density at radius 3 is 2.48 bits per heavy atom.